The molecule has 2 aromatic heterocycles. The maximum absolute atomic E-state index is 6.31. The summed E-state index contributed by atoms with van der Waals surface area (Å²) in [7, 11) is 0. The van der Waals surface area contributed by atoms with Crippen LogP contribution in [0.2, 0.25) is 0 Å². The van der Waals surface area contributed by atoms with E-state index in [-0.39, 0.29) is 6.04 Å². The first-order chi connectivity index (χ1) is 9.74. The molecule has 0 fully saturated rings. The zero-order valence-corrected chi connectivity index (χ0v) is 11.2. The second kappa shape index (κ2) is 5.30. The number of nitrogens with two attached hydrogens (primary N) is 1. The second-order valence-corrected chi connectivity index (χ2v) is 4.70. The molecule has 3 rings (SSSR count). The van der Waals surface area contributed by atoms with Crippen LogP contribution in [0.15, 0.2) is 53.5 Å². The SMILES string of the molecule is Cc1cnc(Cn2cncc2C(N)c2ccccc2)o1. The first kappa shape index (κ1) is 12.6. The molecule has 20 heavy (non-hydrogen) atoms. The van der Waals surface area contributed by atoms with E-state index in [1.54, 1.807) is 18.7 Å². The van der Waals surface area contributed by atoms with Crippen molar-refractivity contribution in [1.29, 1.82) is 0 Å². The molecule has 1 aromatic carbocycles. The number of nitrogens with zero attached hydrogens (tertiary/aromatic N) is 3. The summed E-state index contributed by atoms with van der Waals surface area (Å²) < 4.78 is 7.46. The molecule has 2 heterocycles. The van der Waals surface area contributed by atoms with Crippen LogP contribution < -0.4 is 5.73 Å². The van der Waals surface area contributed by atoms with Gasteiger partial charge in [-0.1, -0.05) is 30.3 Å². The highest BCUT2D eigenvalue weighted by molar-refractivity contribution is 5.26. The molecule has 5 nitrogen and oxygen atoms in total. The lowest BCUT2D eigenvalue weighted by Crippen LogP contribution is -2.17. The highest BCUT2D eigenvalue weighted by Crippen LogP contribution is 2.19. The van der Waals surface area contributed by atoms with Crippen molar-refractivity contribution in [2.45, 2.75) is 19.5 Å². The lowest BCUT2D eigenvalue weighted by Gasteiger charge is -2.14. The first-order valence-corrected chi connectivity index (χ1v) is 6.46. The van der Waals surface area contributed by atoms with Crippen LogP contribution >= 0.6 is 0 Å². The van der Waals surface area contributed by atoms with Gasteiger partial charge in [-0.3, -0.25) is 0 Å². The average molecular weight is 268 g/mol. The summed E-state index contributed by atoms with van der Waals surface area (Å²) in [5.74, 6) is 1.45. The van der Waals surface area contributed by atoms with Gasteiger partial charge in [-0.25, -0.2) is 9.97 Å². The molecule has 2 N–H and O–H groups in total. The minimum Gasteiger partial charge on any atom is -0.444 e. The summed E-state index contributed by atoms with van der Waals surface area (Å²) in [6, 6.07) is 9.74. The Morgan fingerprint density at radius 2 is 2.05 bits per heavy atom. The number of hydrogen-bond acceptors (Lipinski definition) is 4. The van der Waals surface area contributed by atoms with Gasteiger partial charge in [0.25, 0.3) is 0 Å². The van der Waals surface area contributed by atoms with E-state index in [0.29, 0.717) is 12.4 Å². The fourth-order valence-electron chi connectivity index (χ4n) is 2.17. The second-order valence-electron chi connectivity index (χ2n) is 4.70. The van der Waals surface area contributed by atoms with E-state index in [2.05, 4.69) is 9.97 Å². The van der Waals surface area contributed by atoms with Crippen LogP contribution in [-0.4, -0.2) is 14.5 Å². The minimum atomic E-state index is -0.213. The van der Waals surface area contributed by atoms with Crippen molar-refractivity contribution in [3.8, 4) is 0 Å². The van der Waals surface area contributed by atoms with Gasteiger partial charge in [0.15, 0.2) is 0 Å². The van der Waals surface area contributed by atoms with Crippen molar-refractivity contribution in [1.82, 2.24) is 14.5 Å². The topological polar surface area (TPSA) is 69.9 Å². The molecule has 0 aliphatic heterocycles. The molecule has 0 amide bonds. The Morgan fingerprint density at radius 3 is 2.75 bits per heavy atom. The Labute approximate surface area is 117 Å². The maximum Gasteiger partial charge on any atom is 0.214 e. The van der Waals surface area contributed by atoms with E-state index in [1.807, 2.05) is 41.8 Å². The number of aromatic nitrogens is 3. The molecule has 0 aliphatic rings. The summed E-state index contributed by atoms with van der Waals surface area (Å²) in [5, 5.41) is 0. The van der Waals surface area contributed by atoms with E-state index in [9.17, 15) is 0 Å². The highest BCUT2D eigenvalue weighted by Gasteiger charge is 2.14. The lowest BCUT2D eigenvalue weighted by atomic mass is 10.1. The molecule has 0 aliphatic carbocycles. The standard InChI is InChI=1S/C15H16N4O/c1-11-7-18-14(20-11)9-19-10-17-8-13(19)15(16)12-5-3-2-4-6-12/h2-8,10,15H,9,16H2,1H3. The number of oxazole rings is 1. The average Bonchev–Trinajstić information content (AvgIpc) is 3.09. The third kappa shape index (κ3) is 2.48. The molecule has 102 valence electrons. The predicted octanol–water partition coefficient (Wildman–Crippen LogP) is 2.28. The van der Waals surface area contributed by atoms with Crippen LogP contribution in [0.25, 0.3) is 0 Å². The fraction of sp³-hybridized carbons (Fsp3) is 0.200. The fourth-order valence-corrected chi connectivity index (χ4v) is 2.17. The largest absolute Gasteiger partial charge is 0.444 e. The van der Waals surface area contributed by atoms with Gasteiger partial charge in [-0.15, -0.1) is 0 Å². The van der Waals surface area contributed by atoms with Gasteiger partial charge in [-0.05, 0) is 12.5 Å². The summed E-state index contributed by atoms with van der Waals surface area (Å²) in [5.41, 5.74) is 8.30. The van der Waals surface area contributed by atoms with Crippen molar-refractivity contribution in [2.24, 2.45) is 5.73 Å². The van der Waals surface area contributed by atoms with Crippen molar-refractivity contribution < 1.29 is 4.42 Å². The van der Waals surface area contributed by atoms with Gasteiger partial charge in [-0.2, -0.15) is 0 Å². The van der Waals surface area contributed by atoms with Gasteiger partial charge in [0.05, 0.1) is 30.5 Å². The van der Waals surface area contributed by atoms with Gasteiger partial charge in [0.1, 0.15) is 12.3 Å². The van der Waals surface area contributed by atoms with Gasteiger partial charge < -0.3 is 14.7 Å². The van der Waals surface area contributed by atoms with Crippen LogP contribution in [0.1, 0.15) is 29.0 Å². The molecule has 0 bridgehead atoms. The number of benzene rings is 1. The maximum atomic E-state index is 6.31. The van der Waals surface area contributed by atoms with E-state index in [4.69, 9.17) is 10.2 Å². The van der Waals surface area contributed by atoms with Gasteiger partial charge in [0, 0.05) is 0 Å². The molecular weight excluding hydrogens is 252 g/mol. The Balaban J connectivity index is 1.86. The lowest BCUT2D eigenvalue weighted by molar-refractivity contribution is 0.453. The Morgan fingerprint density at radius 1 is 1.25 bits per heavy atom. The molecule has 3 aromatic rings. The summed E-state index contributed by atoms with van der Waals surface area (Å²) in [6.45, 7) is 2.41. The van der Waals surface area contributed by atoms with E-state index < -0.39 is 0 Å². The van der Waals surface area contributed by atoms with E-state index >= 15 is 0 Å². The molecule has 0 saturated carbocycles. The number of rotatable bonds is 4. The zero-order valence-electron chi connectivity index (χ0n) is 11.2. The monoisotopic (exact) mass is 268 g/mol. The van der Waals surface area contributed by atoms with Crippen LogP contribution in [0.3, 0.4) is 0 Å². The third-order valence-electron chi connectivity index (χ3n) is 3.20. The van der Waals surface area contributed by atoms with Crippen LogP contribution in [0.5, 0.6) is 0 Å². The number of imidazole rings is 1. The zero-order chi connectivity index (χ0) is 13.9. The molecule has 5 heteroatoms. The molecule has 0 spiro atoms. The van der Waals surface area contributed by atoms with Crippen LogP contribution in [-0.2, 0) is 6.54 Å². The molecule has 1 unspecified atom stereocenters. The van der Waals surface area contributed by atoms with Crippen molar-refractivity contribution >= 4 is 0 Å². The first-order valence-electron chi connectivity index (χ1n) is 6.46. The molecular formula is C15H16N4O. The van der Waals surface area contributed by atoms with Crippen molar-refractivity contribution in [3.05, 3.63) is 72.0 Å². The van der Waals surface area contributed by atoms with Crippen molar-refractivity contribution in [2.75, 3.05) is 0 Å². The Bertz CT molecular complexity index is 687. The minimum absolute atomic E-state index is 0.213. The number of aryl methyl sites for hydroxylation is 1. The Kier molecular flexibility index (Phi) is 3.35. The summed E-state index contributed by atoms with van der Waals surface area (Å²) in [6.07, 6.45) is 5.24. The third-order valence-corrected chi connectivity index (χ3v) is 3.20. The van der Waals surface area contributed by atoms with Crippen LogP contribution in [0.4, 0.5) is 0 Å². The number of hydrogen-bond donors (Lipinski definition) is 1. The molecule has 0 radical (unpaired) electrons. The quantitative estimate of drug-likeness (QED) is 0.788. The predicted molar refractivity (Wildman–Crippen MR) is 75.0 cm³/mol. The highest BCUT2D eigenvalue weighted by atomic mass is 16.4. The van der Waals surface area contributed by atoms with E-state index in [0.717, 1.165) is 17.0 Å². The van der Waals surface area contributed by atoms with Crippen molar-refractivity contribution in [3.63, 3.8) is 0 Å². The van der Waals surface area contributed by atoms with E-state index in [1.165, 1.54) is 0 Å². The summed E-state index contributed by atoms with van der Waals surface area (Å²) in [4.78, 5) is 8.39. The molecule has 0 saturated heterocycles. The Hall–Kier alpha value is -2.40. The van der Waals surface area contributed by atoms with Gasteiger partial charge >= 0.3 is 0 Å². The molecule has 1 atom stereocenters. The summed E-state index contributed by atoms with van der Waals surface area (Å²) >= 11 is 0. The van der Waals surface area contributed by atoms with Crippen LogP contribution in [0, 0.1) is 6.92 Å². The van der Waals surface area contributed by atoms with Gasteiger partial charge in [0.2, 0.25) is 5.89 Å². The normalized spacial score (nSPS) is 12.5. The smallest absolute Gasteiger partial charge is 0.214 e.